The molecule has 0 spiro atoms. The summed E-state index contributed by atoms with van der Waals surface area (Å²) in [6.07, 6.45) is 0. The Morgan fingerprint density at radius 3 is 2.36 bits per heavy atom. The first-order valence-electron chi connectivity index (χ1n) is 6.46. The largest absolute Gasteiger partial charge is 0.485 e. The minimum atomic E-state index is -1.04. The molecule has 2 rings (SSSR count). The molecule has 0 aliphatic carbocycles. The maximum atomic E-state index is 11.3. The van der Waals surface area contributed by atoms with Crippen LogP contribution < -0.4 is 14.2 Å². The number of carboxylic acids is 1. The minimum absolute atomic E-state index is 0.00269. The van der Waals surface area contributed by atoms with Gasteiger partial charge in [0.15, 0.2) is 5.82 Å². The molecule has 7 heteroatoms. The van der Waals surface area contributed by atoms with Gasteiger partial charge in [-0.3, -0.25) is 0 Å². The molecule has 1 heterocycles. The van der Waals surface area contributed by atoms with Gasteiger partial charge in [0.2, 0.25) is 11.8 Å². The normalized spacial score (nSPS) is 10.1. The monoisotopic (exact) mass is 304 g/mol. The molecule has 1 N–H and O–H groups in total. The van der Waals surface area contributed by atoms with Gasteiger partial charge in [-0.05, 0) is 18.6 Å². The number of hydrogen-bond acceptors (Lipinski definition) is 6. The van der Waals surface area contributed by atoms with Crippen LogP contribution >= 0.6 is 0 Å². The fraction of sp³-hybridized carbons (Fsp3) is 0.267. The smallest absolute Gasteiger partial charge is 0.339 e. The Bertz CT molecular complexity index is 665. The van der Waals surface area contributed by atoms with Crippen LogP contribution in [0.15, 0.2) is 24.3 Å². The zero-order valence-corrected chi connectivity index (χ0v) is 12.5. The van der Waals surface area contributed by atoms with Gasteiger partial charge >= 0.3 is 5.97 Å². The topological polar surface area (TPSA) is 90.8 Å². The first-order chi connectivity index (χ1) is 10.5. The summed E-state index contributed by atoms with van der Waals surface area (Å²) in [6, 6.07) is 6.57. The summed E-state index contributed by atoms with van der Waals surface area (Å²) >= 11 is 0. The second-order valence-electron chi connectivity index (χ2n) is 4.41. The Morgan fingerprint density at radius 1 is 1.18 bits per heavy atom. The maximum absolute atomic E-state index is 11.3. The number of methoxy groups -OCH3 is 2. The number of carbonyl (C=O) groups is 1. The van der Waals surface area contributed by atoms with Crippen LogP contribution in [0.1, 0.15) is 21.7 Å². The minimum Gasteiger partial charge on any atom is -0.485 e. The van der Waals surface area contributed by atoms with E-state index in [2.05, 4.69) is 9.97 Å². The highest BCUT2D eigenvalue weighted by atomic mass is 16.5. The molecule has 0 fully saturated rings. The summed E-state index contributed by atoms with van der Waals surface area (Å²) in [6.45, 7) is 1.71. The number of hydrogen-bond donors (Lipinski definition) is 1. The van der Waals surface area contributed by atoms with E-state index >= 15 is 0 Å². The number of aromatic carboxylic acids is 1. The fourth-order valence-corrected chi connectivity index (χ4v) is 1.90. The van der Waals surface area contributed by atoms with Crippen molar-refractivity contribution in [2.75, 3.05) is 14.2 Å². The van der Waals surface area contributed by atoms with Crippen molar-refractivity contribution in [3.8, 4) is 17.5 Å². The lowest BCUT2D eigenvalue weighted by molar-refractivity contribution is 0.0690. The molecule has 0 atom stereocenters. The van der Waals surface area contributed by atoms with Gasteiger partial charge in [0, 0.05) is 0 Å². The molecule has 0 saturated heterocycles. The Morgan fingerprint density at radius 2 is 1.82 bits per heavy atom. The van der Waals surface area contributed by atoms with E-state index in [1.54, 1.807) is 31.2 Å². The third-order valence-corrected chi connectivity index (χ3v) is 2.95. The van der Waals surface area contributed by atoms with Gasteiger partial charge in [-0.25, -0.2) is 4.79 Å². The van der Waals surface area contributed by atoms with Crippen molar-refractivity contribution in [3.63, 3.8) is 0 Å². The molecule has 116 valence electrons. The van der Waals surface area contributed by atoms with Crippen molar-refractivity contribution in [2.24, 2.45) is 0 Å². The van der Waals surface area contributed by atoms with E-state index in [-0.39, 0.29) is 17.9 Å². The summed E-state index contributed by atoms with van der Waals surface area (Å²) in [7, 11) is 2.96. The van der Waals surface area contributed by atoms with Gasteiger partial charge in [0.05, 0.1) is 20.3 Å². The molecule has 22 heavy (non-hydrogen) atoms. The second-order valence-corrected chi connectivity index (χ2v) is 4.41. The Kier molecular flexibility index (Phi) is 4.77. The average molecular weight is 304 g/mol. The van der Waals surface area contributed by atoms with Gasteiger partial charge in [-0.1, -0.05) is 12.1 Å². The predicted molar refractivity (Wildman–Crippen MR) is 77.6 cm³/mol. The number of ether oxygens (including phenoxy) is 3. The summed E-state index contributed by atoms with van der Waals surface area (Å²) in [5.74, 6) is 0.227. The fourth-order valence-electron chi connectivity index (χ4n) is 1.90. The SMILES string of the molecule is COc1cc(OC)nc(COc2cccc(C)c2C(=O)O)n1. The van der Waals surface area contributed by atoms with Crippen molar-refractivity contribution >= 4 is 5.97 Å². The molecule has 0 unspecified atom stereocenters. The van der Waals surface area contributed by atoms with Crippen LogP contribution in [-0.4, -0.2) is 35.3 Å². The van der Waals surface area contributed by atoms with Crippen LogP contribution in [0, 0.1) is 6.92 Å². The van der Waals surface area contributed by atoms with E-state index in [0.29, 0.717) is 23.1 Å². The Hall–Kier alpha value is -2.83. The van der Waals surface area contributed by atoms with E-state index in [0.717, 1.165) is 0 Å². The third-order valence-electron chi connectivity index (χ3n) is 2.95. The maximum Gasteiger partial charge on any atom is 0.339 e. The van der Waals surface area contributed by atoms with E-state index in [1.807, 2.05) is 0 Å². The Balaban J connectivity index is 2.24. The van der Waals surface area contributed by atoms with Crippen molar-refractivity contribution in [1.82, 2.24) is 9.97 Å². The molecule has 0 bridgehead atoms. The summed E-state index contributed by atoms with van der Waals surface area (Å²) in [5.41, 5.74) is 0.742. The van der Waals surface area contributed by atoms with Crippen LogP contribution in [0.3, 0.4) is 0 Å². The molecule has 0 aliphatic heterocycles. The Labute approximate surface area is 127 Å². The summed E-state index contributed by atoms with van der Waals surface area (Å²) in [5, 5.41) is 9.26. The standard InChI is InChI=1S/C15H16N2O5/c1-9-5-4-6-10(14(9)15(18)19)22-8-11-16-12(20-2)7-13(17-11)21-3/h4-7H,8H2,1-3H3,(H,18,19). The number of carboxylic acid groups (broad SMARTS) is 1. The molecule has 0 radical (unpaired) electrons. The first kappa shape index (κ1) is 15.6. The van der Waals surface area contributed by atoms with E-state index in [1.165, 1.54) is 14.2 Å². The summed E-state index contributed by atoms with van der Waals surface area (Å²) in [4.78, 5) is 19.6. The molecular weight excluding hydrogens is 288 g/mol. The van der Waals surface area contributed by atoms with Gasteiger partial charge in [0.1, 0.15) is 17.9 Å². The third kappa shape index (κ3) is 3.43. The van der Waals surface area contributed by atoms with Crippen molar-refractivity contribution < 1.29 is 24.1 Å². The highest BCUT2D eigenvalue weighted by molar-refractivity contribution is 5.92. The molecule has 0 aliphatic rings. The molecule has 7 nitrogen and oxygen atoms in total. The number of aromatic nitrogens is 2. The van der Waals surface area contributed by atoms with Crippen LogP contribution in [0.4, 0.5) is 0 Å². The quantitative estimate of drug-likeness (QED) is 0.873. The molecule has 1 aromatic carbocycles. The number of benzene rings is 1. The average Bonchev–Trinajstić information content (AvgIpc) is 2.52. The lowest BCUT2D eigenvalue weighted by Gasteiger charge is -2.11. The lowest BCUT2D eigenvalue weighted by atomic mass is 10.1. The van der Waals surface area contributed by atoms with E-state index in [9.17, 15) is 9.90 Å². The van der Waals surface area contributed by atoms with E-state index in [4.69, 9.17) is 14.2 Å². The number of aryl methyl sites for hydroxylation is 1. The molecule has 0 saturated carbocycles. The van der Waals surface area contributed by atoms with Crippen LogP contribution in [0.25, 0.3) is 0 Å². The highest BCUT2D eigenvalue weighted by Gasteiger charge is 2.15. The van der Waals surface area contributed by atoms with Gasteiger partial charge in [-0.2, -0.15) is 9.97 Å². The van der Waals surface area contributed by atoms with Crippen LogP contribution in [-0.2, 0) is 6.61 Å². The number of nitrogens with zero attached hydrogens (tertiary/aromatic N) is 2. The van der Waals surface area contributed by atoms with Gasteiger partial charge in [0.25, 0.3) is 0 Å². The first-order valence-corrected chi connectivity index (χ1v) is 6.46. The highest BCUT2D eigenvalue weighted by Crippen LogP contribution is 2.23. The lowest BCUT2D eigenvalue weighted by Crippen LogP contribution is -2.08. The van der Waals surface area contributed by atoms with Crippen LogP contribution in [0.5, 0.6) is 17.5 Å². The second kappa shape index (κ2) is 6.75. The zero-order valence-electron chi connectivity index (χ0n) is 12.5. The number of rotatable bonds is 6. The molecular formula is C15H16N2O5. The molecule has 2 aromatic rings. The van der Waals surface area contributed by atoms with Crippen LogP contribution in [0.2, 0.25) is 0 Å². The van der Waals surface area contributed by atoms with Crippen molar-refractivity contribution in [3.05, 3.63) is 41.2 Å². The van der Waals surface area contributed by atoms with Gasteiger partial charge < -0.3 is 19.3 Å². The van der Waals surface area contributed by atoms with E-state index < -0.39 is 5.97 Å². The predicted octanol–water partition coefficient (Wildman–Crippen LogP) is 2.08. The molecule has 0 amide bonds. The summed E-state index contributed by atoms with van der Waals surface area (Å²) < 4.78 is 15.6. The zero-order chi connectivity index (χ0) is 16.1. The molecule has 1 aromatic heterocycles. The van der Waals surface area contributed by atoms with Crippen molar-refractivity contribution in [1.29, 1.82) is 0 Å². The van der Waals surface area contributed by atoms with Gasteiger partial charge in [-0.15, -0.1) is 0 Å². The van der Waals surface area contributed by atoms with Crippen molar-refractivity contribution in [2.45, 2.75) is 13.5 Å².